The zero-order chi connectivity index (χ0) is 11.1. The van der Waals surface area contributed by atoms with Crippen molar-refractivity contribution in [3.05, 3.63) is 39.7 Å². The molecule has 1 aliphatic rings. The molecule has 3 rings (SSSR count). The Kier molecular flexibility index (Phi) is 2.41. The fourth-order valence-electron chi connectivity index (χ4n) is 2.36. The summed E-state index contributed by atoms with van der Waals surface area (Å²) in [6, 6.07) is 7.96. The lowest BCUT2D eigenvalue weighted by Crippen LogP contribution is -1.87. The lowest BCUT2D eigenvalue weighted by molar-refractivity contribution is 0.915. The van der Waals surface area contributed by atoms with Gasteiger partial charge in [0, 0.05) is 15.5 Å². The smallest absolute Gasteiger partial charge is 0.0941 e. The maximum absolute atomic E-state index is 6.11. The summed E-state index contributed by atoms with van der Waals surface area (Å²) in [5.74, 6) is 0. The van der Waals surface area contributed by atoms with Crippen LogP contribution >= 0.6 is 22.9 Å². The second kappa shape index (κ2) is 3.79. The summed E-state index contributed by atoms with van der Waals surface area (Å²) in [4.78, 5) is 1.47. The van der Waals surface area contributed by atoms with Crippen LogP contribution in [0.1, 0.15) is 16.9 Å². The molecule has 3 heteroatoms. The first-order chi connectivity index (χ1) is 7.75. The summed E-state index contributed by atoms with van der Waals surface area (Å²) in [6.45, 7) is 0. The Hall–Kier alpha value is -0.990. The first-order valence-electron chi connectivity index (χ1n) is 5.41. The Morgan fingerprint density at radius 2 is 1.88 bits per heavy atom. The second-order valence-corrected chi connectivity index (χ2v) is 5.68. The fourth-order valence-corrected chi connectivity index (χ4v) is 3.67. The van der Waals surface area contributed by atoms with E-state index < -0.39 is 0 Å². The van der Waals surface area contributed by atoms with Gasteiger partial charge in [0.1, 0.15) is 0 Å². The highest BCUT2D eigenvalue weighted by Gasteiger charge is 2.21. The number of hydrogen-bond donors (Lipinski definition) is 1. The number of nitrogens with two attached hydrogens (primary N) is 1. The van der Waals surface area contributed by atoms with Crippen LogP contribution in [0.3, 0.4) is 0 Å². The van der Waals surface area contributed by atoms with Crippen LogP contribution in [-0.4, -0.2) is 0 Å². The maximum atomic E-state index is 6.11. The maximum Gasteiger partial charge on any atom is 0.0941 e. The van der Waals surface area contributed by atoms with Crippen molar-refractivity contribution in [2.45, 2.75) is 19.3 Å². The monoisotopic (exact) mass is 249 g/mol. The average molecular weight is 250 g/mol. The summed E-state index contributed by atoms with van der Waals surface area (Å²) in [5.41, 5.74) is 10.0. The molecule has 82 valence electrons. The van der Waals surface area contributed by atoms with Gasteiger partial charge in [0.2, 0.25) is 0 Å². The van der Waals surface area contributed by atoms with Gasteiger partial charge in [-0.05, 0) is 42.5 Å². The van der Waals surface area contributed by atoms with Gasteiger partial charge in [-0.3, -0.25) is 0 Å². The van der Waals surface area contributed by atoms with Crippen molar-refractivity contribution in [1.82, 2.24) is 0 Å². The zero-order valence-electron chi connectivity index (χ0n) is 8.79. The van der Waals surface area contributed by atoms with Crippen LogP contribution in [0.15, 0.2) is 24.3 Å². The molecule has 0 saturated carbocycles. The molecule has 0 spiro atoms. The highest BCUT2D eigenvalue weighted by Crippen LogP contribution is 2.43. The molecule has 1 aromatic heterocycles. The molecule has 0 amide bonds. The van der Waals surface area contributed by atoms with Crippen LogP contribution in [0, 0.1) is 0 Å². The molecule has 0 radical (unpaired) electrons. The molecule has 0 unspecified atom stereocenters. The minimum atomic E-state index is 0.772. The Morgan fingerprint density at radius 1 is 1.12 bits per heavy atom. The average Bonchev–Trinajstić information content (AvgIpc) is 2.79. The quantitative estimate of drug-likeness (QED) is 0.808. The molecule has 1 nitrogen and oxygen atoms in total. The summed E-state index contributed by atoms with van der Waals surface area (Å²) in [6.07, 6.45) is 3.63. The third-order valence-corrected chi connectivity index (χ3v) is 4.45. The molecule has 0 saturated heterocycles. The molecule has 1 heterocycles. The number of fused-ring (bicyclic) bond motifs is 1. The summed E-state index contributed by atoms with van der Waals surface area (Å²) in [5, 5.41) is 1.72. The van der Waals surface area contributed by atoms with Gasteiger partial charge in [-0.15, -0.1) is 11.3 Å². The third-order valence-electron chi connectivity index (χ3n) is 3.08. The molecule has 2 aromatic rings. The Labute approximate surface area is 104 Å². The molecular weight excluding hydrogens is 238 g/mol. The topological polar surface area (TPSA) is 26.0 Å². The predicted octanol–water partition coefficient (Wildman–Crippen LogP) is 4.14. The van der Waals surface area contributed by atoms with Gasteiger partial charge in [-0.2, -0.15) is 0 Å². The van der Waals surface area contributed by atoms with Crippen LogP contribution < -0.4 is 5.73 Å². The van der Waals surface area contributed by atoms with E-state index in [-0.39, 0.29) is 0 Å². The van der Waals surface area contributed by atoms with Crippen molar-refractivity contribution in [3.8, 4) is 11.1 Å². The minimum absolute atomic E-state index is 0.772. The zero-order valence-corrected chi connectivity index (χ0v) is 10.4. The van der Waals surface area contributed by atoms with Gasteiger partial charge in [0.15, 0.2) is 0 Å². The van der Waals surface area contributed by atoms with E-state index in [0.717, 1.165) is 10.0 Å². The van der Waals surface area contributed by atoms with E-state index in [1.807, 2.05) is 12.1 Å². The van der Waals surface area contributed by atoms with Gasteiger partial charge in [-0.25, -0.2) is 0 Å². The lowest BCUT2D eigenvalue weighted by atomic mass is 10.0. The van der Waals surface area contributed by atoms with Gasteiger partial charge in [0.05, 0.1) is 5.00 Å². The first kappa shape index (κ1) is 10.2. The third kappa shape index (κ3) is 1.53. The van der Waals surface area contributed by atoms with Crippen molar-refractivity contribution >= 4 is 27.9 Å². The Morgan fingerprint density at radius 3 is 2.62 bits per heavy atom. The molecule has 2 N–H and O–H groups in total. The van der Waals surface area contributed by atoms with Crippen molar-refractivity contribution in [2.24, 2.45) is 0 Å². The van der Waals surface area contributed by atoms with E-state index in [9.17, 15) is 0 Å². The normalized spacial score (nSPS) is 14.1. The van der Waals surface area contributed by atoms with Gasteiger partial charge in [-0.1, -0.05) is 23.7 Å². The van der Waals surface area contributed by atoms with Gasteiger partial charge < -0.3 is 5.73 Å². The van der Waals surface area contributed by atoms with E-state index >= 15 is 0 Å². The summed E-state index contributed by atoms with van der Waals surface area (Å²) >= 11 is 7.65. The number of rotatable bonds is 1. The lowest BCUT2D eigenvalue weighted by Gasteiger charge is -2.04. The fraction of sp³-hybridized carbons (Fsp3) is 0.231. The standard InChI is InChI=1S/C13H12ClNS/c14-9-6-4-8(5-7-9)12-10-2-1-3-11(10)16-13(12)15/h4-7H,1-3,15H2. The van der Waals surface area contributed by atoms with Crippen LogP contribution in [0.5, 0.6) is 0 Å². The molecule has 16 heavy (non-hydrogen) atoms. The number of hydrogen-bond acceptors (Lipinski definition) is 2. The molecule has 0 fully saturated rings. The van der Waals surface area contributed by atoms with Crippen LogP contribution in [0.2, 0.25) is 5.02 Å². The molecule has 0 aliphatic heterocycles. The number of anilines is 1. The number of benzene rings is 1. The van der Waals surface area contributed by atoms with E-state index in [2.05, 4.69) is 12.1 Å². The molecular formula is C13H12ClNS. The highest BCUT2D eigenvalue weighted by molar-refractivity contribution is 7.16. The second-order valence-electron chi connectivity index (χ2n) is 4.10. The minimum Gasteiger partial charge on any atom is -0.390 e. The molecule has 1 aromatic carbocycles. The Balaban J connectivity index is 2.16. The number of thiophene rings is 1. The Bertz CT molecular complexity index is 528. The van der Waals surface area contributed by atoms with E-state index in [0.29, 0.717) is 0 Å². The van der Waals surface area contributed by atoms with Crippen molar-refractivity contribution in [1.29, 1.82) is 0 Å². The van der Waals surface area contributed by atoms with Crippen molar-refractivity contribution < 1.29 is 0 Å². The van der Waals surface area contributed by atoms with Crippen LogP contribution in [-0.2, 0) is 12.8 Å². The first-order valence-corrected chi connectivity index (χ1v) is 6.61. The molecule has 0 atom stereocenters. The number of halogens is 1. The largest absolute Gasteiger partial charge is 0.390 e. The number of aryl methyl sites for hydroxylation is 1. The highest BCUT2D eigenvalue weighted by atomic mass is 35.5. The van der Waals surface area contributed by atoms with Crippen LogP contribution in [0.25, 0.3) is 11.1 Å². The predicted molar refractivity (Wildman–Crippen MR) is 71.2 cm³/mol. The van der Waals surface area contributed by atoms with Gasteiger partial charge in [0.25, 0.3) is 0 Å². The van der Waals surface area contributed by atoms with Crippen molar-refractivity contribution in [3.63, 3.8) is 0 Å². The van der Waals surface area contributed by atoms with E-state index in [1.54, 1.807) is 11.3 Å². The van der Waals surface area contributed by atoms with Gasteiger partial charge >= 0.3 is 0 Å². The van der Waals surface area contributed by atoms with E-state index in [1.165, 1.54) is 40.8 Å². The van der Waals surface area contributed by atoms with Crippen LogP contribution in [0.4, 0.5) is 5.00 Å². The SMILES string of the molecule is Nc1sc2c(c1-c1ccc(Cl)cc1)CCC2. The molecule has 0 bridgehead atoms. The summed E-state index contributed by atoms with van der Waals surface area (Å²) < 4.78 is 0. The summed E-state index contributed by atoms with van der Waals surface area (Å²) in [7, 11) is 0. The number of nitrogen functional groups attached to an aromatic ring is 1. The van der Waals surface area contributed by atoms with E-state index in [4.69, 9.17) is 17.3 Å². The van der Waals surface area contributed by atoms with Crippen molar-refractivity contribution in [2.75, 3.05) is 5.73 Å². The molecule has 1 aliphatic carbocycles.